The average Bonchev–Trinajstić information content (AvgIpc) is 2.62. The van der Waals surface area contributed by atoms with Gasteiger partial charge in [0, 0.05) is 19.7 Å². The highest BCUT2D eigenvalue weighted by Crippen LogP contribution is 2.24. The van der Waals surface area contributed by atoms with Gasteiger partial charge in [-0.2, -0.15) is 0 Å². The van der Waals surface area contributed by atoms with Crippen molar-refractivity contribution < 1.29 is 9.59 Å². The van der Waals surface area contributed by atoms with Crippen LogP contribution in [0.25, 0.3) is 11.0 Å². The summed E-state index contributed by atoms with van der Waals surface area (Å²) in [4.78, 5) is 34.5. The maximum atomic E-state index is 12.5. The summed E-state index contributed by atoms with van der Waals surface area (Å²) in [6, 6.07) is 12.0. The lowest BCUT2D eigenvalue weighted by Gasteiger charge is -2.13. The van der Waals surface area contributed by atoms with E-state index in [-0.39, 0.29) is 11.6 Å². The fourth-order valence-electron chi connectivity index (χ4n) is 2.27. The number of benzene rings is 2. The summed E-state index contributed by atoms with van der Waals surface area (Å²) < 4.78 is 0. The Morgan fingerprint density at radius 3 is 2.52 bits per heavy atom. The van der Waals surface area contributed by atoms with E-state index in [2.05, 4.69) is 15.3 Å². The van der Waals surface area contributed by atoms with E-state index < -0.39 is 5.91 Å². The van der Waals surface area contributed by atoms with Crippen molar-refractivity contribution in [3.05, 3.63) is 64.9 Å². The number of hydrogen-bond acceptors (Lipinski definition) is 4. The van der Waals surface area contributed by atoms with Crippen molar-refractivity contribution in [2.75, 3.05) is 19.4 Å². The zero-order valence-corrected chi connectivity index (χ0v) is 14.4. The first-order chi connectivity index (χ1) is 12.0. The van der Waals surface area contributed by atoms with Gasteiger partial charge in [-0.05, 0) is 30.3 Å². The fraction of sp³-hybridized carbons (Fsp3) is 0.111. The molecule has 2 amide bonds. The third-order valence-electron chi connectivity index (χ3n) is 3.55. The number of nitrogens with zero attached hydrogens (tertiary/aromatic N) is 3. The third-order valence-corrected chi connectivity index (χ3v) is 3.88. The zero-order valence-electron chi connectivity index (χ0n) is 13.7. The van der Waals surface area contributed by atoms with Gasteiger partial charge in [0.15, 0.2) is 0 Å². The molecule has 7 heteroatoms. The highest BCUT2D eigenvalue weighted by molar-refractivity contribution is 6.34. The van der Waals surface area contributed by atoms with Gasteiger partial charge < -0.3 is 10.2 Å². The van der Waals surface area contributed by atoms with Crippen molar-refractivity contribution >= 4 is 40.1 Å². The van der Waals surface area contributed by atoms with Gasteiger partial charge in [-0.1, -0.05) is 23.7 Å². The van der Waals surface area contributed by atoms with Gasteiger partial charge >= 0.3 is 0 Å². The summed E-state index contributed by atoms with van der Waals surface area (Å²) in [5.74, 6) is -0.632. The predicted molar refractivity (Wildman–Crippen MR) is 97.0 cm³/mol. The fourth-order valence-corrected chi connectivity index (χ4v) is 2.43. The second kappa shape index (κ2) is 6.86. The highest BCUT2D eigenvalue weighted by Gasteiger charge is 2.14. The smallest absolute Gasteiger partial charge is 0.275 e. The van der Waals surface area contributed by atoms with E-state index in [9.17, 15) is 9.59 Å². The van der Waals surface area contributed by atoms with E-state index >= 15 is 0 Å². The number of rotatable bonds is 3. The number of fused-ring (bicyclic) bond motifs is 1. The van der Waals surface area contributed by atoms with Crippen LogP contribution in [0.3, 0.4) is 0 Å². The zero-order chi connectivity index (χ0) is 18.0. The largest absolute Gasteiger partial charge is 0.345 e. The number of carbonyl (C=O) groups is 2. The number of nitrogens with one attached hydrogen (secondary N) is 1. The quantitative estimate of drug-likeness (QED) is 0.783. The molecule has 1 aromatic heterocycles. The number of aromatic nitrogens is 2. The Bertz CT molecular complexity index is 972. The van der Waals surface area contributed by atoms with Crippen LogP contribution in [0.15, 0.2) is 48.7 Å². The van der Waals surface area contributed by atoms with E-state index in [1.165, 1.54) is 17.2 Å². The Balaban J connectivity index is 1.89. The standard InChI is InChI=1S/C18H15ClN4O2/c1-23(2)18(25)11-7-8-12(19)15(9-11)22-17(24)16-10-20-13-5-3-4-6-14(13)21-16/h3-10H,1-2H3,(H,22,24). The van der Waals surface area contributed by atoms with E-state index in [0.29, 0.717) is 27.3 Å². The first kappa shape index (κ1) is 16.9. The molecule has 0 unspecified atom stereocenters. The van der Waals surface area contributed by atoms with Crippen LogP contribution in [0.4, 0.5) is 5.69 Å². The van der Waals surface area contributed by atoms with Crippen LogP contribution >= 0.6 is 11.6 Å². The molecule has 2 aromatic carbocycles. The lowest BCUT2D eigenvalue weighted by molar-refractivity contribution is 0.0827. The maximum Gasteiger partial charge on any atom is 0.275 e. The first-order valence-electron chi connectivity index (χ1n) is 7.50. The second-order valence-electron chi connectivity index (χ2n) is 5.59. The molecule has 1 heterocycles. The molecule has 6 nitrogen and oxygen atoms in total. The van der Waals surface area contributed by atoms with Crippen LogP contribution in [-0.2, 0) is 0 Å². The lowest BCUT2D eigenvalue weighted by Crippen LogP contribution is -2.22. The number of anilines is 1. The Hall–Kier alpha value is -2.99. The molecule has 0 fully saturated rings. The molecule has 0 saturated heterocycles. The van der Waals surface area contributed by atoms with Crippen molar-refractivity contribution in [3.8, 4) is 0 Å². The molecule has 0 radical (unpaired) electrons. The van der Waals surface area contributed by atoms with Gasteiger partial charge in [0.05, 0.1) is 27.9 Å². The summed E-state index contributed by atoms with van der Waals surface area (Å²) >= 11 is 6.13. The Morgan fingerprint density at radius 1 is 1.08 bits per heavy atom. The average molecular weight is 355 g/mol. The summed E-state index contributed by atoms with van der Waals surface area (Å²) in [6.07, 6.45) is 1.40. The molecule has 3 rings (SSSR count). The molecule has 25 heavy (non-hydrogen) atoms. The summed E-state index contributed by atoms with van der Waals surface area (Å²) in [6.45, 7) is 0. The Labute approximate surface area is 149 Å². The van der Waals surface area contributed by atoms with Crippen LogP contribution in [0.2, 0.25) is 5.02 Å². The van der Waals surface area contributed by atoms with Gasteiger partial charge in [0.25, 0.3) is 11.8 Å². The number of carbonyl (C=O) groups excluding carboxylic acids is 2. The number of amides is 2. The van der Waals surface area contributed by atoms with E-state index in [0.717, 1.165) is 0 Å². The molecule has 0 aliphatic rings. The van der Waals surface area contributed by atoms with E-state index in [1.807, 2.05) is 18.2 Å². The molecule has 0 aliphatic carbocycles. The van der Waals surface area contributed by atoms with Crippen LogP contribution in [0.5, 0.6) is 0 Å². The Kier molecular flexibility index (Phi) is 4.63. The minimum Gasteiger partial charge on any atom is -0.345 e. The maximum absolute atomic E-state index is 12.5. The van der Waals surface area contributed by atoms with Gasteiger partial charge in [0.1, 0.15) is 5.69 Å². The molecule has 0 atom stereocenters. The molecule has 0 spiro atoms. The van der Waals surface area contributed by atoms with Crippen molar-refractivity contribution in [1.82, 2.24) is 14.9 Å². The van der Waals surface area contributed by atoms with Crippen LogP contribution in [0, 0.1) is 0 Å². The minimum atomic E-state index is -0.449. The van der Waals surface area contributed by atoms with Crippen LogP contribution < -0.4 is 5.32 Å². The van der Waals surface area contributed by atoms with Gasteiger partial charge in [-0.25, -0.2) is 4.98 Å². The topological polar surface area (TPSA) is 75.2 Å². The summed E-state index contributed by atoms with van der Waals surface area (Å²) in [7, 11) is 3.31. The molecule has 0 aliphatic heterocycles. The molecule has 0 saturated carbocycles. The van der Waals surface area contributed by atoms with E-state index in [1.54, 1.807) is 32.3 Å². The van der Waals surface area contributed by atoms with E-state index in [4.69, 9.17) is 11.6 Å². The first-order valence-corrected chi connectivity index (χ1v) is 7.88. The van der Waals surface area contributed by atoms with Crippen molar-refractivity contribution in [2.24, 2.45) is 0 Å². The second-order valence-corrected chi connectivity index (χ2v) is 6.00. The molecule has 126 valence electrons. The molecule has 1 N–H and O–H groups in total. The van der Waals surface area contributed by atoms with Gasteiger partial charge in [0.2, 0.25) is 0 Å². The van der Waals surface area contributed by atoms with Crippen molar-refractivity contribution in [1.29, 1.82) is 0 Å². The lowest BCUT2D eigenvalue weighted by atomic mass is 10.1. The predicted octanol–water partition coefficient (Wildman–Crippen LogP) is 3.24. The van der Waals surface area contributed by atoms with Crippen molar-refractivity contribution in [2.45, 2.75) is 0 Å². The summed E-state index contributed by atoms with van der Waals surface area (Å²) in [5.41, 5.74) is 2.26. The third kappa shape index (κ3) is 3.59. The minimum absolute atomic E-state index is 0.166. The van der Waals surface area contributed by atoms with Crippen LogP contribution in [-0.4, -0.2) is 40.8 Å². The molecular weight excluding hydrogens is 340 g/mol. The SMILES string of the molecule is CN(C)C(=O)c1ccc(Cl)c(NC(=O)c2cnc3ccccc3n2)c1. The Morgan fingerprint density at radius 2 is 1.80 bits per heavy atom. The molecule has 0 bridgehead atoms. The van der Waals surface area contributed by atoms with Gasteiger partial charge in [-0.3, -0.25) is 14.6 Å². The number of hydrogen-bond donors (Lipinski definition) is 1. The number of halogens is 1. The molecule has 3 aromatic rings. The normalized spacial score (nSPS) is 10.5. The van der Waals surface area contributed by atoms with Gasteiger partial charge in [-0.15, -0.1) is 0 Å². The molecular formula is C18H15ClN4O2. The van der Waals surface area contributed by atoms with Crippen molar-refractivity contribution in [3.63, 3.8) is 0 Å². The monoisotopic (exact) mass is 354 g/mol. The van der Waals surface area contributed by atoms with Crippen LogP contribution in [0.1, 0.15) is 20.8 Å². The highest BCUT2D eigenvalue weighted by atomic mass is 35.5. The number of para-hydroxylation sites is 2. The summed E-state index contributed by atoms with van der Waals surface area (Å²) in [5, 5.41) is 3.01.